The van der Waals surface area contributed by atoms with Crippen LogP contribution in [0.5, 0.6) is 5.75 Å². The van der Waals surface area contributed by atoms with E-state index in [1.54, 1.807) is 7.11 Å². The van der Waals surface area contributed by atoms with Crippen LogP contribution in [0.2, 0.25) is 0 Å². The van der Waals surface area contributed by atoms with E-state index < -0.39 is 5.97 Å². The molecule has 1 saturated heterocycles. The summed E-state index contributed by atoms with van der Waals surface area (Å²) in [5.74, 6) is 0.00376. The average Bonchev–Trinajstić information content (AvgIpc) is 2.81. The number of ether oxygens (including phenoxy) is 1. The van der Waals surface area contributed by atoms with Crippen LogP contribution in [0.4, 0.5) is 5.13 Å². The maximum absolute atomic E-state index is 11.3. The number of carboxylic acid groups (broad SMARTS) is 1. The van der Waals surface area contributed by atoms with E-state index in [-0.39, 0.29) is 6.42 Å². The SMILES string of the molecule is COc1ccc(-c2nc(N3CCCCCC3)sc2CC(=O)O)cc1C. The van der Waals surface area contributed by atoms with Crippen LogP contribution in [-0.4, -0.2) is 36.3 Å². The Labute approximate surface area is 152 Å². The number of hydrogen-bond acceptors (Lipinski definition) is 5. The van der Waals surface area contributed by atoms with Gasteiger partial charge < -0.3 is 14.7 Å². The zero-order valence-corrected chi connectivity index (χ0v) is 15.6. The number of benzene rings is 1. The second-order valence-corrected chi connectivity index (χ2v) is 7.49. The lowest BCUT2D eigenvalue weighted by Crippen LogP contribution is -2.23. The van der Waals surface area contributed by atoms with Crippen LogP contribution in [0.25, 0.3) is 11.3 Å². The fourth-order valence-corrected chi connectivity index (χ4v) is 4.37. The third-order valence-corrected chi connectivity index (χ3v) is 5.66. The Morgan fingerprint density at radius 1 is 1.28 bits per heavy atom. The van der Waals surface area contributed by atoms with Gasteiger partial charge >= 0.3 is 5.97 Å². The lowest BCUT2D eigenvalue weighted by Gasteiger charge is -2.18. The molecule has 0 unspecified atom stereocenters. The molecule has 2 heterocycles. The summed E-state index contributed by atoms with van der Waals surface area (Å²) in [6.45, 7) is 3.99. The van der Waals surface area contributed by atoms with Gasteiger partial charge in [-0.3, -0.25) is 4.79 Å². The molecule has 0 saturated carbocycles. The third-order valence-electron chi connectivity index (χ3n) is 4.54. The number of rotatable bonds is 5. The predicted molar refractivity (Wildman–Crippen MR) is 101 cm³/mol. The molecule has 6 heteroatoms. The highest BCUT2D eigenvalue weighted by Gasteiger charge is 2.20. The van der Waals surface area contributed by atoms with Gasteiger partial charge in [0.1, 0.15) is 5.75 Å². The van der Waals surface area contributed by atoms with Crippen molar-refractivity contribution in [2.45, 2.75) is 39.0 Å². The Morgan fingerprint density at radius 2 is 2.00 bits per heavy atom. The van der Waals surface area contributed by atoms with E-state index in [1.165, 1.54) is 37.0 Å². The van der Waals surface area contributed by atoms with Crippen molar-refractivity contribution in [2.24, 2.45) is 0 Å². The summed E-state index contributed by atoms with van der Waals surface area (Å²) >= 11 is 1.52. The first-order chi connectivity index (χ1) is 12.1. The molecule has 1 aliphatic rings. The van der Waals surface area contributed by atoms with Crippen LogP contribution in [0.1, 0.15) is 36.1 Å². The number of hydrogen-bond donors (Lipinski definition) is 1. The van der Waals surface area contributed by atoms with Gasteiger partial charge in [0.15, 0.2) is 5.13 Å². The molecule has 1 aromatic carbocycles. The zero-order valence-electron chi connectivity index (χ0n) is 14.7. The third kappa shape index (κ3) is 4.12. The molecule has 25 heavy (non-hydrogen) atoms. The molecule has 1 aromatic heterocycles. The van der Waals surface area contributed by atoms with Gasteiger partial charge in [-0.05, 0) is 43.5 Å². The highest BCUT2D eigenvalue weighted by molar-refractivity contribution is 7.16. The van der Waals surface area contributed by atoms with Crippen LogP contribution >= 0.6 is 11.3 Å². The van der Waals surface area contributed by atoms with E-state index in [2.05, 4.69) is 4.90 Å². The van der Waals surface area contributed by atoms with Crippen LogP contribution in [-0.2, 0) is 11.2 Å². The van der Waals surface area contributed by atoms with E-state index >= 15 is 0 Å². The highest BCUT2D eigenvalue weighted by atomic mass is 32.1. The van der Waals surface area contributed by atoms with Crippen molar-refractivity contribution in [2.75, 3.05) is 25.1 Å². The highest BCUT2D eigenvalue weighted by Crippen LogP contribution is 2.36. The topological polar surface area (TPSA) is 62.7 Å². The van der Waals surface area contributed by atoms with Crippen molar-refractivity contribution in [1.82, 2.24) is 4.98 Å². The molecule has 134 valence electrons. The first-order valence-electron chi connectivity index (χ1n) is 8.70. The summed E-state index contributed by atoms with van der Waals surface area (Å²) in [5, 5.41) is 10.2. The number of aryl methyl sites for hydroxylation is 1. The number of methoxy groups -OCH3 is 1. The molecule has 0 atom stereocenters. The minimum atomic E-state index is -0.822. The zero-order chi connectivity index (χ0) is 17.8. The smallest absolute Gasteiger partial charge is 0.308 e. The standard InChI is InChI=1S/C19H24N2O3S/c1-13-11-14(7-8-15(13)24-2)18-16(12-17(22)23)25-19(20-18)21-9-5-3-4-6-10-21/h7-8,11H,3-6,9-10,12H2,1-2H3,(H,22,23). The number of aliphatic carboxylic acids is 1. The molecule has 0 spiro atoms. The molecular weight excluding hydrogens is 336 g/mol. The van der Waals surface area contributed by atoms with Crippen molar-refractivity contribution < 1.29 is 14.6 Å². The number of carbonyl (C=O) groups is 1. The summed E-state index contributed by atoms with van der Waals surface area (Å²) in [6, 6.07) is 5.89. The molecule has 5 nitrogen and oxygen atoms in total. The lowest BCUT2D eigenvalue weighted by molar-refractivity contribution is -0.136. The van der Waals surface area contributed by atoms with Gasteiger partial charge in [0.05, 0.1) is 19.2 Å². The first kappa shape index (κ1) is 17.7. The quantitative estimate of drug-likeness (QED) is 0.868. The minimum absolute atomic E-state index is 0.00587. The second-order valence-electron chi connectivity index (χ2n) is 6.42. The molecule has 1 aliphatic heterocycles. The normalized spacial score (nSPS) is 15.0. The molecule has 3 rings (SSSR count). The van der Waals surface area contributed by atoms with Gasteiger partial charge in [-0.2, -0.15) is 0 Å². The molecule has 0 radical (unpaired) electrons. The number of nitrogens with zero attached hydrogens (tertiary/aromatic N) is 2. The monoisotopic (exact) mass is 360 g/mol. The molecule has 0 bridgehead atoms. The first-order valence-corrected chi connectivity index (χ1v) is 9.51. The molecular formula is C19H24N2O3S. The lowest BCUT2D eigenvalue weighted by atomic mass is 10.1. The van der Waals surface area contributed by atoms with E-state index in [1.807, 2.05) is 25.1 Å². The van der Waals surface area contributed by atoms with Crippen molar-refractivity contribution >= 4 is 22.4 Å². The fourth-order valence-electron chi connectivity index (χ4n) is 3.25. The van der Waals surface area contributed by atoms with Crippen molar-refractivity contribution in [1.29, 1.82) is 0 Å². The van der Waals surface area contributed by atoms with E-state index in [9.17, 15) is 9.90 Å². The molecule has 0 aliphatic carbocycles. The summed E-state index contributed by atoms with van der Waals surface area (Å²) in [6.07, 6.45) is 4.87. The predicted octanol–water partition coefficient (Wildman–Crippen LogP) is 4.13. The molecule has 2 aromatic rings. The Balaban J connectivity index is 1.98. The van der Waals surface area contributed by atoms with E-state index in [4.69, 9.17) is 9.72 Å². The van der Waals surface area contributed by atoms with Gasteiger partial charge in [0.2, 0.25) is 0 Å². The molecule has 1 fully saturated rings. The van der Waals surface area contributed by atoms with Crippen molar-refractivity contribution in [3.63, 3.8) is 0 Å². The van der Waals surface area contributed by atoms with Gasteiger partial charge in [0, 0.05) is 23.5 Å². The second kappa shape index (κ2) is 7.87. The Bertz CT molecular complexity index is 749. The van der Waals surface area contributed by atoms with E-state index in [0.717, 1.165) is 45.7 Å². The minimum Gasteiger partial charge on any atom is -0.496 e. The van der Waals surface area contributed by atoms with Crippen LogP contribution < -0.4 is 9.64 Å². The maximum atomic E-state index is 11.3. The van der Waals surface area contributed by atoms with Crippen molar-refractivity contribution in [3.05, 3.63) is 28.6 Å². The van der Waals surface area contributed by atoms with Crippen molar-refractivity contribution in [3.8, 4) is 17.0 Å². The Hall–Kier alpha value is -2.08. The van der Waals surface area contributed by atoms with E-state index in [0.29, 0.717) is 0 Å². The Morgan fingerprint density at radius 3 is 2.60 bits per heavy atom. The number of thiazole rings is 1. The summed E-state index contributed by atoms with van der Waals surface area (Å²) < 4.78 is 5.32. The number of anilines is 1. The summed E-state index contributed by atoms with van der Waals surface area (Å²) in [4.78, 5) is 19.3. The largest absolute Gasteiger partial charge is 0.496 e. The summed E-state index contributed by atoms with van der Waals surface area (Å²) in [7, 11) is 1.65. The van der Waals surface area contributed by atoms with Crippen LogP contribution in [0.15, 0.2) is 18.2 Å². The van der Waals surface area contributed by atoms with Gasteiger partial charge in [0.25, 0.3) is 0 Å². The van der Waals surface area contributed by atoms with Crippen LogP contribution in [0.3, 0.4) is 0 Å². The van der Waals surface area contributed by atoms with Gasteiger partial charge in [-0.15, -0.1) is 11.3 Å². The molecule has 0 amide bonds. The number of aromatic nitrogens is 1. The number of carboxylic acids is 1. The van der Waals surface area contributed by atoms with Crippen LogP contribution in [0, 0.1) is 6.92 Å². The average molecular weight is 360 g/mol. The molecule has 1 N–H and O–H groups in total. The maximum Gasteiger partial charge on any atom is 0.308 e. The Kier molecular flexibility index (Phi) is 5.58. The van der Waals surface area contributed by atoms with Gasteiger partial charge in [-0.25, -0.2) is 4.98 Å². The fraction of sp³-hybridized carbons (Fsp3) is 0.474. The van der Waals surface area contributed by atoms with Gasteiger partial charge in [-0.1, -0.05) is 12.8 Å². The summed E-state index contributed by atoms with van der Waals surface area (Å²) in [5.41, 5.74) is 2.76.